The van der Waals surface area contributed by atoms with Crippen LogP contribution in [0.1, 0.15) is 22.3 Å². The zero-order valence-electron chi connectivity index (χ0n) is 20.7. The van der Waals surface area contributed by atoms with E-state index in [1.807, 2.05) is 146 Å². The normalized spacial score (nSPS) is 15.5. The molecule has 0 unspecified atom stereocenters. The van der Waals surface area contributed by atoms with Crippen molar-refractivity contribution in [1.29, 1.82) is 0 Å². The number of hydrogen-bond acceptors (Lipinski definition) is 2. The minimum atomic E-state index is -0.0156. The van der Waals surface area contributed by atoms with Crippen LogP contribution in [0.2, 0.25) is 0 Å². The van der Waals surface area contributed by atoms with Gasteiger partial charge in [-0.1, -0.05) is 121 Å². The van der Waals surface area contributed by atoms with Crippen LogP contribution in [0.4, 0.5) is 0 Å². The maximum absolute atomic E-state index is 13.7. The fourth-order valence-electron chi connectivity index (χ4n) is 4.92. The summed E-state index contributed by atoms with van der Waals surface area (Å²) in [5.74, 6) is -0.0312. The molecular formula is C36H24O2. The predicted molar refractivity (Wildman–Crippen MR) is 155 cm³/mol. The number of benzene rings is 4. The topological polar surface area (TPSA) is 34.1 Å². The van der Waals surface area contributed by atoms with Gasteiger partial charge in [0.1, 0.15) is 0 Å². The van der Waals surface area contributed by atoms with E-state index < -0.39 is 0 Å². The van der Waals surface area contributed by atoms with Gasteiger partial charge in [0.15, 0.2) is 11.6 Å². The first-order valence-corrected chi connectivity index (χ1v) is 12.6. The largest absolute Gasteiger partial charge is 0.289 e. The van der Waals surface area contributed by atoms with Gasteiger partial charge in [0.05, 0.1) is 0 Å². The molecule has 38 heavy (non-hydrogen) atoms. The molecule has 0 saturated carbocycles. The van der Waals surface area contributed by atoms with Crippen molar-refractivity contribution in [3.8, 4) is 0 Å². The van der Waals surface area contributed by atoms with Gasteiger partial charge in [-0.3, -0.25) is 9.59 Å². The second kappa shape index (κ2) is 10.1. The SMILES string of the molecule is O=C1C(c2ccccc2)=CC(=C2C=C(c3ccccc3)C(=O)C(c3ccccc3)=C2)C=C1c1ccccc1. The number of Topliss-reactive ketones (excluding diaryl/α,β-unsaturated/α-hetero) is 2. The van der Waals surface area contributed by atoms with Crippen LogP contribution in [0.25, 0.3) is 22.3 Å². The highest BCUT2D eigenvalue weighted by Gasteiger charge is 2.27. The molecule has 2 nitrogen and oxygen atoms in total. The summed E-state index contributed by atoms with van der Waals surface area (Å²) in [6.45, 7) is 0. The molecule has 4 aromatic carbocycles. The average Bonchev–Trinajstić information content (AvgIpc) is 2.99. The molecule has 2 aliphatic rings. The van der Waals surface area contributed by atoms with Crippen molar-refractivity contribution in [3.05, 3.63) is 179 Å². The minimum Gasteiger partial charge on any atom is -0.289 e. The van der Waals surface area contributed by atoms with Crippen LogP contribution in [-0.2, 0) is 9.59 Å². The molecule has 4 aromatic rings. The number of hydrogen-bond donors (Lipinski definition) is 0. The maximum Gasteiger partial charge on any atom is 0.194 e. The summed E-state index contributed by atoms with van der Waals surface area (Å²) in [4.78, 5) is 27.5. The van der Waals surface area contributed by atoms with Crippen LogP contribution in [0.3, 0.4) is 0 Å². The molecule has 0 heterocycles. The van der Waals surface area contributed by atoms with Gasteiger partial charge in [0.25, 0.3) is 0 Å². The Kier molecular flexibility index (Phi) is 6.21. The van der Waals surface area contributed by atoms with E-state index in [1.54, 1.807) is 0 Å². The van der Waals surface area contributed by atoms with E-state index in [9.17, 15) is 9.59 Å². The lowest BCUT2D eigenvalue weighted by atomic mass is 9.81. The Balaban J connectivity index is 1.62. The molecule has 0 atom stereocenters. The molecule has 2 aliphatic carbocycles. The first-order chi connectivity index (χ1) is 18.7. The fourth-order valence-corrected chi connectivity index (χ4v) is 4.92. The summed E-state index contributed by atoms with van der Waals surface area (Å²) in [5.41, 5.74) is 7.77. The van der Waals surface area contributed by atoms with Crippen LogP contribution in [0, 0.1) is 0 Å². The lowest BCUT2D eigenvalue weighted by Crippen LogP contribution is -2.12. The van der Waals surface area contributed by atoms with Gasteiger partial charge >= 0.3 is 0 Å². The molecule has 0 aliphatic heterocycles. The summed E-state index contributed by atoms with van der Waals surface area (Å²) in [6.07, 6.45) is 7.81. The molecule has 0 radical (unpaired) electrons. The molecule has 0 saturated heterocycles. The molecule has 0 fully saturated rings. The third-order valence-electron chi connectivity index (χ3n) is 6.85. The van der Waals surface area contributed by atoms with Gasteiger partial charge in [-0.05, 0) is 57.7 Å². The Morgan fingerprint density at radius 3 is 0.711 bits per heavy atom. The quantitative estimate of drug-likeness (QED) is 0.294. The van der Waals surface area contributed by atoms with Crippen LogP contribution in [-0.4, -0.2) is 11.6 Å². The number of carbonyl (C=O) groups is 2. The molecule has 2 heteroatoms. The number of rotatable bonds is 4. The lowest BCUT2D eigenvalue weighted by molar-refractivity contribution is -0.109. The first kappa shape index (κ1) is 23.3. The zero-order valence-corrected chi connectivity index (χ0v) is 20.7. The Hall–Kier alpha value is -5.08. The smallest absolute Gasteiger partial charge is 0.194 e. The van der Waals surface area contributed by atoms with E-state index in [-0.39, 0.29) is 11.6 Å². The second-order valence-electron chi connectivity index (χ2n) is 9.27. The van der Waals surface area contributed by atoms with E-state index in [1.165, 1.54) is 0 Å². The highest BCUT2D eigenvalue weighted by molar-refractivity contribution is 6.45. The van der Waals surface area contributed by atoms with Gasteiger partial charge in [-0.25, -0.2) is 0 Å². The van der Waals surface area contributed by atoms with Gasteiger partial charge in [-0.2, -0.15) is 0 Å². The molecule has 0 aromatic heterocycles. The summed E-state index contributed by atoms with van der Waals surface area (Å²) in [5, 5.41) is 0. The Morgan fingerprint density at radius 2 is 0.500 bits per heavy atom. The third kappa shape index (κ3) is 4.44. The van der Waals surface area contributed by atoms with Crippen LogP contribution in [0.5, 0.6) is 0 Å². The van der Waals surface area contributed by atoms with Crippen molar-refractivity contribution >= 4 is 33.9 Å². The van der Waals surface area contributed by atoms with E-state index in [0.717, 1.165) is 33.4 Å². The summed E-state index contributed by atoms with van der Waals surface area (Å²) >= 11 is 0. The number of ketones is 2. The summed E-state index contributed by atoms with van der Waals surface area (Å²) < 4.78 is 0. The monoisotopic (exact) mass is 488 g/mol. The lowest BCUT2D eigenvalue weighted by Gasteiger charge is -2.21. The van der Waals surface area contributed by atoms with Crippen molar-refractivity contribution < 1.29 is 9.59 Å². The number of allylic oxidation sites excluding steroid dienone is 10. The summed E-state index contributed by atoms with van der Waals surface area (Å²) in [6, 6.07) is 39.0. The Bertz CT molecular complexity index is 1430. The highest BCUT2D eigenvalue weighted by Crippen LogP contribution is 2.38. The van der Waals surface area contributed by atoms with E-state index in [4.69, 9.17) is 0 Å². The van der Waals surface area contributed by atoms with Crippen molar-refractivity contribution in [2.24, 2.45) is 0 Å². The van der Waals surface area contributed by atoms with Crippen molar-refractivity contribution in [1.82, 2.24) is 0 Å². The van der Waals surface area contributed by atoms with Gasteiger partial charge in [-0.15, -0.1) is 0 Å². The molecule has 0 spiro atoms. The van der Waals surface area contributed by atoms with Crippen molar-refractivity contribution in [2.75, 3.05) is 0 Å². The highest BCUT2D eigenvalue weighted by atomic mass is 16.1. The van der Waals surface area contributed by atoms with E-state index >= 15 is 0 Å². The van der Waals surface area contributed by atoms with E-state index in [0.29, 0.717) is 22.3 Å². The van der Waals surface area contributed by atoms with Crippen molar-refractivity contribution in [3.63, 3.8) is 0 Å². The van der Waals surface area contributed by atoms with Gasteiger partial charge < -0.3 is 0 Å². The standard InChI is InChI=1S/C36H24O2/c37-35-31(25-13-5-1-6-14-25)21-29(22-32(35)26-15-7-2-8-16-26)30-23-33(27-17-9-3-10-18-27)36(38)34(24-30)28-19-11-4-12-20-28/h1-24H. The van der Waals surface area contributed by atoms with E-state index in [2.05, 4.69) is 0 Å². The zero-order chi connectivity index (χ0) is 25.9. The van der Waals surface area contributed by atoms with Gasteiger partial charge in [0.2, 0.25) is 0 Å². The Labute approximate surface area is 222 Å². The average molecular weight is 489 g/mol. The molecule has 0 amide bonds. The van der Waals surface area contributed by atoms with Crippen LogP contribution < -0.4 is 0 Å². The summed E-state index contributed by atoms with van der Waals surface area (Å²) in [7, 11) is 0. The number of carbonyl (C=O) groups excluding carboxylic acids is 2. The van der Waals surface area contributed by atoms with Gasteiger partial charge in [0, 0.05) is 22.3 Å². The predicted octanol–water partition coefficient (Wildman–Crippen LogP) is 7.78. The molecule has 6 rings (SSSR count). The second-order valence-corrected chi connectivity index (χ2v) is 9.27. The molecule has 180 valence electrons. The molecule has 0 N–H and O–H groups in total. The molecular weight excluding hydrogens is 464 g/mol. The third-order valence-corrected chi connectivity index (χ3v) is 6.85. The van der Waals surface area contributed by atoms with Crippen LogP contribution >= 0.6 is 0 Å². The van der Waals surface area contributed by atoms with Crippen molar-refractivity contribution in [2.45, 2.75) is 0 Å². The minimum absolute atomic E-state index is 0.0156. The first-order valence-electron chi connectivity index (χ1n) is 12.6. The Morgan fingerprint density at radius 1 is 0.289 bits per heavy atom. The van der Waals surface area contributed by atoms with Crippen LogP contribution in [0.15, 0.2) is 157 Å². The maximum atomic E-state index is 13.7. The molecule has 0 bridgehead atoms. The fraction of sp³-hybridized carbons (Fsp3) is 0.